The van der Waals surface area contributed by atoms with Crippen molar-refractivity contribution in [2.75, 3.05) is 4.90 Å². The number of aliphatic imine (C=N–C) groups is 1. The fourth-order valence-corrected chi connectivity index (χ4v) is 3.24. The number of para-hydroxylation sites is 2. The number of hydrogen-bond donors (Lipinski definition) is 0. The molecular formula is C21H15ClN2O. The number of rotatable bonds is 2. The van der Waals surface area contributed by atoms with Crippen LogP contribution >= 0.6 is 11.6 Å². The zero-order valence-corrected chi connectivity index (χ0v) is 14.4. The van der Waals surface area contributed by atoms with Gasteiger partial charge in [-0.05, 0) is 42.8 Å². The molecule has 0 unspecified atom stereocenters. The highest BCUT2D eigenvalue weighted by molar-refractivity contribution is 6.56. The number of fused-ring (bicyclic) bond motifs is 1. The summed E-state index contributed by atoms with van der Waals surface area (Å²) in [6.45, 7) is 1.97. The first-order valence-corrected chi connectivity index (χ1v) is 8.37. The number of benzene rings is 3. The lowest BCUT2D eigenvalue weighted by Gasteiger charge is -2.16. The zero-order chi connectivity index (χ0) is 17.4. The highest BCUT2D eigenvalue weighted by atomic mass is 35.5. The third-order valence-electron chi connectivity index (χ3n) is 4.16. The van der Waals surface area contributed by atoms with E-state index in [1.165, 1.54) is 0 Å². The summed E-state index contributed by atoms with van der Waals surface area (Å²) in [4.78, 5) is 19.4. The van der Waals surface area contributed by atoms with Crippen LogP contribution in [0.4, 0.5) is 17.1 Å². The molecule has 3 aromatic rings. The molecule has 1 amide bonds. The fourth-order valence-electron chi connectivity index (χ4n) is 2.96. The topological polar surface area (TPSA) is 32.7 Å². The second kappa shape index (κ2) is 6.19. The van der Waals surface area contributed by atoms with Crippen molar-refractivity contribution in [1.82, 2.24) is 0 Å². The molecule has 0 fully saturated rings. The third-order valence-corrected chi connectivity index (χ3v) is 4.46. The molecule has 3 aromatic carbocycles. The second-order valence-corrected chi connectivity index (χ2v) is 6.32. The van der Waals surface area contributed by atoms with E-state index >= 15 is 0 Å². The van der Waals surface area contributed by atoms with Crippen LogP contribution in [0, 0.1) is 6.92 Å². The molecular weight excluding hydrogens is 332 g/mol. The summed E-state index contributed by atoms with van der Waals surface area (Å²) >= 11 is 6.30. The standard InChI is InChI=1S/C21H15ClN2O/c1-14-11-12-18(17(22)13-14)23-20-16-9-5-6-10-19(16)24(21(20)25)15-7-3-2-4-8-15/h2-13H,1H3. The zero-order valence-electron chi connectivity index (χ0n) is 13.6. The summed E-state index contributed by atoms with van der Waals surface area (Å²) in [6, 6.07) is 22.9. The Hall–Kier alpha value is -2.91. The first-order valence-electron chi connectivity index (χ1n) is 7.99. The van der Waals surface area contributed by atoms with Gasteiger partial charge in [0.2, 0.25) is 0 Å². The quantitative estimate of drug-likeness (QED) is 0.607. The molecule has 0 atom stereocenters. The fraction of sp³-hybridized carbons (Fsp3) is 0.0476. The number of halogens is 1. The van der Waals surface area contributed by atoms with E-state index < -0.39 is 0 Å². The molecule has 0 N–H and O–H groups in total. The normalized spacial score (nSPS) is 14.9. The molecule has 4 rings (SSSR count). The highest BCUT2D eigenvalue weighted by Gasteiger charge is 2.34. The molecule has 0 aromatic heterocycles. The van der Waals surface area contributed by atoms with Crippen LogP contribution < -0.4 is 4.90 Å². The van der Waals surface area contributed by atoms with Crippen LogP contribution in [0.3, 0.4) is 0 Å². The average Bonchev–Trinajstić information content (AvgIpc) is 2.90. The van der Waals surface area contributed by atoms with Gasteiger partial charge in [-0.3, -0.25) is 9.69 Å². The maximum Gasteiger partial charge on any atom is 0.282 e. The second-order valence-electron chi connectivity index (χ2n) is 5.91. The van der Waals surface area contributed by atoms with E-state index in [0.717, 1.165) is 22.5 Å². The molecule has 25 heavy (non-hydrogen) atoms. The van der Waals surface area contributed by atoms with Gasteiger partial charge in [0.25, 0.3) is 5.91 Å². The minimum Gasteiger partial charge on any atom is -0.275 e. The number of aryl methyl sites for hydroxylation is 1. The van der Waals surface area contributed by atoms with Crippen molar-refractivity contribution >= 4 is 40.3 Å². The number of nitrogens with zero attached hydrogens (tertiary/aromatic N) is 2. The van der Waals surface area contributed by atoms with Crippen molar-refractivity contribution in [3.05, 3.63) is 88.9 Å². The Morgan fingerprint density at radius 3 is 2.40 bits per heavy atom. The molecule has 0 bridgehead atoms. The molecule has 1 aliphatic heterocycles. The van der Waals surface area contributed by atoms with Gasteiger partial charge in [0.05, 0.1) is 16.4 Å². The van der Waals surface area contributed by atoms with Crippen molar-refractivity contribution in [2.45, 2.75) is 6.92 Å². The molecule has 0 saturated carbocycles. The van der Waals surface area contributed by atoms with E-state index in [-0.39, 0.29) is 5.91 Å². The van der Waals surface area contributed by atoms with Crippen molar-refractivity contribution in [3.8, 4) is 0 Å². The first kappa shape index (κ1) is 15.6. The Labute approximate surface area is 151 Å². The Balaban J connectivity index is 1.87. The highest BCUT2D eigenvalue weighted by Crippen LogP contribution is 2.37. The van der Waals surface area contributed by atoms with E-state index in [4.69, 9.17) is 11.6 Å². The number of anilines is 2. The van der Waals surface area contributed by atoms with E-state index in [1.54, 1.807) is 4.90 Å². The molecule has 0 spiro atoms. The minimum absolute atomic E-state index is 0.149. The molecule has 1 heterocycles. The minimum atomic E-state index is -0.149. The lowest BCUT2D eigenvalue weighted by Crippen LogP contribution is -2.25. The molecule has 3 nitrogen and oxygen atoms in total. The number of carbonyl (C=O) groups excluding carboxylic acids is 1. The summed E-state index contributed by atoms with van der Waals surface area (Å²) in [6.07, 6.45) is 0. The van der Waals surface area contributed by atoms with Gasteiger partial charge in [0.15, 0.2) is 0 Å². The van der Waals surface area contributed by atoms with Gasteiger partial charge < -0.3 is 0 Å². The third kappa shape index (κ3) is 2.73. The summed E-state index contributed by atoms with van der Waals surface area (Å²) in [5.41, 5.74) is 4.53. The van der Waals surface area contributed by atoms with Crippen LogP contribution in [0.15, 0.2) is 77.8 Å². The van der Waals surface area contributed by atoms with Gasteiger partial charge in [-0.1, -0.05) is 54.1 Å². The molecule has 1 aliphatic rings. The van der Waals surface area contributed by atoms with E-state index in [9.17, 15) is 4.79 Å². The van der Waals surface area contributed by atoms with Gasteiger partial charge in [-0.25, -0.2) is 4.99 Å². The van der Waals surface area contributed by atoms with Crippen LogP contribution in [0.25, 0.3) is 0 Å². The summed E-state index contributed by atoms with van der Waals surface area (Å²) < 4.78 is 0. The molecule has 0 saturated heterocycles. The summed E-state index contributed by atoms with van der Waals surface area (Å²) in [5.74, 6) is -0.149. The molecule has 4 heteroatoms. The maximum absolute atomic E-state index is 13.1. The van der Waals surface area contributed by atoms with Gasteiger partial charge in [-0.2, -0.15) is 0 Å². The molecule has 122 valence electrons. The van der Waals surface area contributed by atoms with Gasteiger partial charge in [-0.15, -0.1) is 0 Å². The van der Waals surface area contributed by atoms with Crippen LogP contribution in [-0.2, 0) is 4.79 Å². The van der Waals surface area contributed by atoms with Crippen LogP contribution in [-0.4, -0.2) is 11.6 Å². The lowest BCUT2D eigenvalue weighted by atomic mass is 10.1. The van der Waals surface area contributed by atoms with Crippen LogP contribution in [0.1, 0.15) is 11.1 Å². The lowest BCUT2D eigenvalue weighted by molar-refractivity contribution is -0.111. The van der Waals surface area contributed by atoms with Gasteiger partial charge in [0, 0.05) is 11.3 Å². The van der Waals surface area contributed by atoms with Gasteiger partial charge in [0.1, 0.15) is 5.71 Å². The van der Waals surface area contributed by atoms with E-state index in [2.05, 4.69) is 4.99 Å². The largest absolute Gasteiger partial charge is 0.282 e. The molecule has 0 radical (unpaired) electrons. The van der Waals surface area contributed by atoms with E-state index in [1.807, 2.05) is 79.7 Å². The first-order chi connectivity index (χ1) is 12.1. The molecule has 0 aliphatic carbocycles. The van der Waals surface area contributed by atoms with Crippen molar-refractivity contribution in [1.29, 1.82) is 0 Å². The summed E-state index contributed by atoms with van der Waals surface area (Å²) in [5, 5.41) is 0.538. The Kier molecular flexibility index (Phi) is 3.86. The number of amides is 1. The predicted molar refractivity (Wildman–Crippen MR) is 102 cm³/mol. The smallest absolute Gasteiger partial charge is 0.275 e. The predicted octanol–water partition coefficient (Wildman–Crippen LogP) is 5.45. The monoisotopic (exact) mass is 346 g/mol. The van der Waals surface area contributed by atoms with Crippen LogP contribution in [0.5, 0.6) is 0 Å². The van der Waals surface area contributed by atoms with Crippen LogP contribution in [0.2, 0.25) is 5.02 Å². The number of carbonyl (C=O) groups is 1. The summed E-state index contributed by atoms with van der Waals surface area (Å²) in [7, 11) is 0. The maximum atomic E-state index is 13.1. The Bertz CT molecular complexity index is 996. The van der Waals surface area contributed by atoms with Crippen molar-refractivity contribution < 1.29 is 4.79 Å². The SMILES string of the molecule is Cc1ccc(N=C2C(=O)N(c3ccccc3)c3ccccc32)c(Cl)c1. The Morgan fingerprint density at radius 2 is 1.64 bits per heavy atom. The van der Waals surface area contributed by atoms with Crippen molar-refractivity contribution in [3.63, 3.8) is 0 Å². The van der Waals surface area contributed by atoms with E-state index in [0.29, 0.717) is 16.4 Å². The van der Waals surface area contributed by atoms with Gasteiger partial charge >= 0.3 is 0 Å². The average molecular weight is 347 g/mol. The van der Waals surface area contributed by atoms with Crippen molar-refractivity contribution in [2.24, 2.45) is 4.99 Å². The Morgan fingerprint density at radius 1 is 0.920 bits per heavy atom. The number of hydrogen-bond acceptors (Lipinski definition) is 2.